The van der Waals surface area contributed by atoms with Crippen molar-refractivity contribution in [2.75, 3.05) is 6.61 Å². The number of carbonyl (C=O) groups is 2. The zero-order valence-electron chi connectivity index (χ0n) is 22.6. The summed E-state index contributed by atoms with van der Waals surface area (Å²) < 4.78 is 8.33. The van der Waals surface area contributed by atoms with Gasteiger partial charge in [-0.05, 0) is 67.1 Å². The number of aromatic nitrogens is 1. The maximum Gasteiger partial charge on any atom is 0.308 e. The summed E-state index contributed by atoms with van der Waals surface area (Å²) in [5, 5.41) is 9.72. The molecule has 0 saturated carbocycles. The Morgan fingerprint density at radius 2 is 1.54 bits per heavy atom. The molecule has 0 saturated heterocycles. The molecule has 0 bridgehead atoms. The third-order valence-corrected chi connectivity index (χ3v) is 8.11. The molecule has 0 radical (unpaired) electrons. The lowest BCUT2D eigenvalue weighted by Crippen LogP contribution is -2.18. The van der Waals surface area contributed by atoms with E-state index in [1.807, 2.05) is 66.7 Å². The normalized spacial score (nSPS) is 11.8. The van der Waals surface area contributed by atoms with Crippen LogP contribution >= 0.6 is 11.3 Å². The molecule has 41 heavy (non-hydrogen) atoms. The maximum atomic E-state index is 12.8. The summed E-state index contributed by atoms with van der Waals surface area (Å²) in [5.41, 5.74) is 4.11. The first-order valence-electron chi connectivity index (χ1n) is 13.7. The molecule has 1 atom stereocenters. The highest BCUT2D eigenvalue weighted by Gasteiger charge is 2.18. The molecular formula is C34H31NO5S. The number of rotatable bonds is 13. The smallest absolute Gasteiger partial charge is 0.308 e. The predicted molar refractivity (Wildman–Crippen MR) is 162 cm³/mol. The molecule has 0 aliphatic rings. The summed E-state index contributed by atoms with van der Waals surface area (Å²) in [6.07, 6.45) is 2.78. The molecule has 0 fully saturated rings. The van der Waals surface area contributed by atoms with Crippen LogP contribution in [0.3, 0.4) is 0 Å². The van der Waals surface area contributed by atoms with E-state index in [-0.39, 0.29) is 10.7 Å². The van der Waals surface area contributed by atoms with Crippen molar-refractivity contribution in [2.45, 2.75) is 32.2 Å². The number of fused-ring (bicyclic) bond motifs is 1. The topological polar surface area (TPSA) is 85.6 Å². The van der Waals surface area contributed by atoms with E-state index in [0.29, 0.717) is 42.9 Å². The predicted octanol–water partition coefficient (Wildman–Crippen LogP) is 6.64. The zero-order chi connectivity index (χ0) is 28.6. The fourth-order valence-electron chi connectivity index (χ4n) is 4.95. The number of carboxylic acid groups (broad SMARTS) is 1. The van der Waals surface area contributed by atoms with Gasteiger partial charge in [0.2, 0.25) is 0 Å². The van der Waals surface area contributed by atoms with Gasteiger partial charge in [-0.1, -0.05) is 84.1 Å². The van der Waals surface area contributed by atoms with Gasteiger partial charge in [0.15, 0.2) is 5.78 Å². The number of aryl methyl sites for hydroxylation is 1. The van der Waals surface area contributed by atoms with Crippen LogP contribution in [0.5, 0.6) is 5.75 Å². The molecule has 1 N–H and O–H groups in total. The van der Waals surface area contributed by atoms with E-state index in [0.717, 1.165) is 40.0 Å². The fraction of sp³-hybridized carbons (Fsp3) is 0.206. The van der Waals surface area contributed by atoms with Crippen molar-refractivity contribution in [3.63, 3.8) is 0 Å². The number of benzene rings is 4. The van der Waals surface area contributed by atoms with Gasteiger partial charge in [-0.3, -0.25) is 19.0 Å². The van der Waals surface area contributed by atoms with Crippen molar-refractivity contribution < 1.29 is 19.4 Å². The Morgan fingerprint density at radius 1 is 0.829 bits per heavy atom. The monoisotopic (exact) mass is 565 g/mol. The quantitative estimate of drug-likeness (QED) is 0.162. The lowest BCUT2D eigenvalue weighted by atomic mass is 9.93. The van der Waals surface area contributed by atoms with E-state index in [1.54, 1.807) is 28.8 Å². The molecule has 0 aliphatic carbocycles. The summed E-state index contributed by atoms with van der Waals surface area (Å²) in [6, 6.07) is 32.0. The van der Waals surface area contributed by atoms with Crippen LogP contribution in [0.25, 0.3) is 10.2 Å². The Kier molecular flexibility index (Phi) is 9.06. The Labute approximate surface area is 242 Å². The maximum absolute atomic E-state index is 12.8. The minimum absolute atomic E-state index is 0.0754. The SMILES string of the molecule is O=C(c1ccccc1)c1ccc2c(c1)sc(=O)n2CCOc1ccc(CC(CCCc2ccccc2)C(=O)O)cc1. The van der Waals surface area contributed by atoms with Gasteiger partial charge < -0.3 is 9.84 Å². The van der Waals surface area contributed by atoms with Crippen molar-refractivity contribution >= 4 is 33.3 Å². The number of hydrogen-bond acceptors (Lipinski definition) is 5. The Balaban J connectivity index is 1.15. The van der Waals surface area contributed by atoms with Crippen LogP contribution in [0.1, 0.15) is 39.9 Å². The van der Waals surface area contributed by atoms with Crippen molar-refractivity contribution in [1.29, 1.82) is 0 Å². The van der Waals surface area contributed by atoms with E-state index in [9.17, 15) is 19.5 Å². The van der Waals surface area contributed by atoms with Crippen molar-refractivity contribution in [1.82, 2.24) is 4.57 Å². The van der Waals surface area contributed by atoms with E-state index in [1.165, 1.54) is 5.56 Å². The van der Waals surface area contributed by atoms with Crippen molar-refractivity contribution in [2.24, 2.45) is 5.92 Å². The minimum atomic E-state index is -0.775. The van der Waals surface area contributed by atoms with Crippen LogP contribution in [0.15, 0.2) is 108 Å². The van der Waals surface area contributed by atoms with Crippen LogP contribution in [0.2, 0.25) is 0 Å². The molecule has 6 nitrogen and oxygen atoms in total. The van der Waals surface area contributed by atoms with E-state index >= 15 is 0 Å². The molecule has 4 aromatic carbocycles. The summed E-state index contributed by atoms with van der Waals surface area (Å²) in [5.74, 6) is -0.627. The average Bonchev–Trinajstić information content (AvgIpc) is 3.31. The second-order valence-electron chi connectivity index (χ2n) is 10.0. The van der Waals surface area contributed by atoms with Crippen LogP contribution in [-0.2, 0) is 24.2 Å². The first-order chi connectivity index (χ1) is 20.0. The van der Waals surface area contributed by atoms with Crippen molar-refractivity contribution in [3.8, 4) is 5.75 Å². The number of aliphatic carboxylic acids is 1. The fourth-order valence-corrected chi connectivity index (χ4v) is 5.90. The van der Waals surface area contributed by atoms with Gasteiger partial charge in [0.25, 0.3) is 0 Å². The lowest BCUT2D eigenvalue weighted by Gasteiger charge is -2.13. The first kappa shape index (κ1) is 28.1. The second-order valence-corrected chi connectivity index (χ2v) is 11.0. The molecule has 5 rings (SSSR count). The van der Waals surface area contributed by atoms with Crippen molar-refractivity contribution in [3.05, 3.63) is 135 Å². The molecule has 7 heteroatoms. The van der Waals surface area contributed by atoms with Gasteiger partial charge in [0, 0.05) is 11.1 Å². The highest BCUT2D eigenvalue weighted by atomic mass is 32.1. The minimum Gasteiger partial charge on any atom is -0.492 e. The molecule has 1 unspecified atom stereocenters. The van der Waals surface area contributed by atoms with Gasteiger partial charge in [0.1, 0.15) is 12.4 Å². The third kappa shape index (κ3) is 7.18. The summed E-state index contributed by atoms with van der Waals surface area (Å²) in [7, 11) is 0. The molecule has 0 aliphatic heterocycles. The molecule has 0 amide bonds. The van der Waals surface area contributed by atoms with Crippen LogP contribution in [0, 0.1) is 5.92 Å². The standard InChI is InChI=1S/C34H31NO5S/c36-32(26-11-5-2-6-12-26)27-16-19-30-31(23-27)41-34(39)35(30)20-21-40-29-17-14-25(15-18-29)22-28(33(37)38)13-7-10-24-8-3-1-4-9-24/h1-6,8-9,11-12,14-19,23,28H,7,10,13,20-22H2,(H,37,38). The average molecular weight is 566 g/mol. The summed E-state index contributed by atoms with van der Waals surface area (Å²) in [6.45, 7) is 0.669. The van der Waals surface area contributed by atoms with E-state index in [4.69, 9.17) is 4.74 Å². The van der Waals surface area contributed by atoms with Gasteiger partial charge in [-0.25, -0.2) is 0 Å². The second kappa shape index (κ2) is 13.2. The highest BCUT2D eigenvalue weighted by Crippen LogP contribution is 2.22. The Morgan fingerprint density at radius 3 is 2.24 bits per heavy atom. The van der Waals surface area contributed by atoms with Crippen LogP contribution < -0.4 is 9.61 Å². The van der Waals surface area contributed by atoms with Gasteiger partial charge in [-0.2, -0.15) is 0 Å². The zero-order valence-corrected chi connectivity index (χ0v) is 23.4. The molecule has 208 valence electrons. The first-order valence-corrected chi connectivity index (χ1v) is 14.5. The largest absolute Gasteiger partial charge is 0.492 e. The Hall–Kier alpha value is -4.49. The summed E-state index contributed by atoms with van der Waals surface area (Å²) in [4.78, 5) is 37.2. The molecule has 1 aromatic heterocycles. The number of thiazole rings is 1. The summed E-state index contributed by atoms with van der Waals surface area (Å²) >= 11 is 1.12. The van der Waals surface area contributed by atoms with E-state index < -0.39 is 11.9 Å². The number of nitrogens with zero attached hydrogens (tertiary/aromatic N) is 1. The van der Waals surface area contributed by atoms with Crippen LogP contribution in [0.4, 0.5) is 0 Å². The number of ether oxygens (including phenoxy) is 1. The molecule has 1 heterocycles. The highest BCUT2D eigenvalue weighted by molar-refractivity contribution is 7.16. The number of ketones is 1. The Bertz CT molecular complexity index is 1670. The third-order valence-electron chi connectivity index (χ3n) is 7.17. The number of carbonyl (C=O) groups excluding carboxylic acids is 1. The molecule has 0 spiro atoms. The van der Waals surface area contributed by atoms with Crippen LogP contribution in [-0.4, -0.2) is 28.0 Å². The van der Waals surface area contributed by atoms with Gasteiger partial charge >= 0.3 is 10.8 Å². The number of hydrogen-bond donors (Lipinski definition) is 1. The van der Waals surface area contributed by atoms with Gasteiger partial charge in [-0.15, -0.1) is 0 Å². The number of carboxylic acids is 1. The van der Waals surface area contributed by atoms with Gasteiger partial charge in [0.05, 0.1) is 22.7 Å². The van der Waals surface area contributed by atoms with E-state index in [2.05, 4.69) is 12.1 Å². The molecular weight excluding hydrogens is 534 g/mol. The lowest BCUT2D eigenvalue weighted by molar-refractivity contribution is -0.142. The molecule has 5 aromatic rings.